The molecule has 0 radical (unpaired) electrons. The quantitative estimate of drug-likeness (QED) is 0.836. The van der Waals surface area contributed by atoms with E-state index in [-0.39, 0.29) is 0 Å². The number of ether oxygens (including phenoxy) is 1. The highest BCUT2D eigenvalue weighted by Crippen LogP contribution is 2.26. The van der Waals surface area contributed by atoms with Gasteiger partial charge in [-0.1, -0.05) is 6.07 Å². The van der Waals surface area contributed by atoms with Gasteiger partial charge in [-0.25, -0.2) is 0 Å². The molecule has 122 valence electrons. The lowest BCUT2D eigenvalue weighted by molar-refractivity contribution is -0.143. The SMILES string of the molecule is COc1ccc(C(C(=O)O)N(C)CCN2CCCC2)c(C)c1. The standard InChI is InChI=1S/C17H26N2O3/c1-13-12-14(22-3)6-7-15(13)16(17(20)21)18(2)10-11-19-8-4-5-9-19/h6-7,12,16H,4-5,8-11H2,1-3H3,(H,20,21). The van der Waals surface area contributed by atoms with Gasteiger partial charge in [0.25, 0.3) is 0 Å². The Kier molecular flexibility index (Phi) is 5.80. The third kappa shape index (κ3) is 3.99. The molecule has 5 heteroatoms. The van der Waals surface area contributed by atoms with E-state index in [1.54, 1.807) is 7.11 Å². The van der Waals surface area contributed by atoms with Crippen LogP contribution in [-0.2, 0) is 4.79 Å². The second kappa shape index (κ2) is 7.61. The molecule has 5 nitrogen and oxygen atoms in total. The van der Waals surface area contributed by atoms with Crippen LogP contribution in [0.25, 0.3) is 0 Å². The number of rotatable bonds is 7. The normalized spacial score (nSPS) is 16.9. The van der Waals surface area contributed by atoms with Crippen LogP contribution >= 0.6 is 0 Å². The number of benzene rings is 1. The predicted molar refractivity (Wildman–Crippen MR) is 86.4 cm³/mol. The molecule has 1 fully saturated rings. The number of nitrogens with zero attached hydrogens (tertiary/aromatic N) is 2. The van der Waals surface area contributed by atoms with Crippen molar-refractivity contribution in [2.24, 2.45) is 0 Å². The number of hydrogen-bond donors (Lipinski definition) is 1. The van der Waals surface area contributed by atoms with Crippen LogP contribution in [-0.4, -0.2) is 61.2 Å². The van der Waals surface area contributed by atoms with E-state index in [0.717, 1.165) is 43.1 Å². The van der Waals surface area contributed by atoms with Crippen molar-refractivity contribution in [1.29, 1.82) is 0 Å². The molecule has 1 aliphatic heterocycles. The molecule has 0 aromatic heterocycles. The third-order valence-electron chi connectivity index (χ3n) is 4.41. The van der Waals surface area contributed by atoms with Crippen LogP contribution in [0.3, 0.4) is 0 Å². The predicted octanol–water partition coefficient (Wildman–Crippen LogP) is 2.16. The minimum Gasteiger partial charge on any atom is -0.497 e. The molecule has 0 aliphatic carbocycles. The molecule has 22 heavy (non-hydrogen) atoms. The summed E-state index contributed by atoms with van der Waals surface area (Å²) in [6.45, 7) is 5.88. The molecule has 1 unspecified atom stereocenters. The van der Waals surface area contributed by atoms with Gasteiger partial charge < -0.3 is 14.7 Å². The average Bonchev–Trinajstić information content (AvgIpc) is 3.00. The zero-order valence-corrected chi connectivity index (χ0v) is 13.7. The minimum absolute atomic E-state index is 0.617. The number of hydrogen-bond acceptors (Lipinski definition) is 4. The topological polar surface area (TPSA) is 53.0 Å². The largest absolute Gasteiger partial charge is 0.497 e. The van der Waals surface area contributed by atoms with Crippen LogP contribution in [0.4, 0.5) is 0 Å². The summed E-state index contributed by atoms with van der Waals surface area (Å²) >= 11 is 0. The van der Waals surface area contributed by atoms with Crippen molar-refractivity contribution < 1.29 is 14.6 Å². The van der Waals surface area contributed by atoms with Crippen molar-refractivity contribution in [3.63, 3.8) is 0 Å². The van der Waals surface area contributed by atoms with Gasteiger partial charge in [-0.15, -0.1) is 0 Å². The van der Waals surface area contributed by atoms with E-state index in [1.165, 1.54) is 12.8 Å². The Morgan fingerprint density at radius 2 is 2.09 bits per heavy atom. The molecule has 1 saturated heterocycles. The Bertz CT molecular complexity index is 513. The van der Waals surface area contributed by atoms with E-state index < -0.39 is 12.0 Å². The lowest BCUT2D eigenvalue weighted by atomic mass is 10.00. The minimum atomic E-state index is -0.808. The second-order valence-corrected chi connectivity index (χ2v) is 5.99. The molecule has 1 aromatic carbocycles. The van der Waals surface area contributed by atoms with Crippen molar-refractivity contribution in [3.8, 4) is 5.75 Å². The lowest BCUT2D eigenvalue weighted by Gasteiger charge is -2.28. The average molecular weight is 306 g/mol. The Balaban J connectivity index is 2.09. The van der Waals surface area contributed by atoms with Crippen LogP contribution in [0.5, 0.6) is 5.75 Å². The summed E-state index contributed by atoms with van der Waals surface area (Å²) in [6.07, 6.45) is 2.51. The molecule has 1 atom stereocenters. The van der Waals surface area contributed by atoms with Crippen molar-refractivity contribution in [2.75, 3.05) is 40.3 Å². The summed E-state index contributed by atoms with van der Waals surface area (Å²) in [5.74, 6) is -0.0534. The Labute approximate surface area is 132 Å². The van der Waals surface area contributed by atoms with Gasteiger partial charge in [0.1, 0.15) is 11.8 Å². The Morgan fingerprint density at radius 1 is 1.41 bits per heavy atom. The van der Waals surface area contributed by atoms with Crippen LogP contribution in [0.15, 0.2) is 18.2 Å². The highest BCUT2D eigenvalue weighted by atomic mass is 16.5. The van der Waals surface area contributed by atoms with Gasteiger partial charge >= 0.3 is 5.97 Å². The smallest absolute Gasteiger partial charge is 0.325 e. The first kappa shape index (κ1) is 16.8. The first-order valence-electron chi connectivity index (χ1n) is 7.83. The number of carbonyl (C=O) groups is 1. The van der Waals surface area contributed by atoms with Crippen LogP contribution in [0.1, 0.15) is 30.0 Å². The van der Waals surface area contributed by atoms with E-state index in [0.29, 0.717) is 0 Å². The van der Waals surface area contributed by atoms with Crippen molar-refractivity contribution in [2.45, 2.75) is 25.8 Å². The number of aryl methyl sites for hydroxylation is 1. The molecule has 0 spiro atoms. The zero-order chi connectivity index (χ0) is 16.1. The summed E-state index contributed by atoms with van der Waals surface area (Å²) < 4.78 is 5.20. The van der Waals surface area contributed by atoms with Gasteiger partial charge in [0.05, 0.1) is 7.11 Å². The number of likely N-dealkylation sites (N-methyl/N-ethyl adjacent to an activating group) is 1. The second-order valence-electron chi connectivity index (χ2n) is 5.99. The molecule has 1 heterocycles. The molecule has 1 N–H and O–H groups in total. The maximum absolute atomic E-state index is 11.8. The highest BCUT2D eigenvalue weighted by Gasteiger charge is 2.26. The van der Waals surface area contributed by atoms with Crippen molar-refractivity contribution in [1.82, 2.24) is 9.80 Å². The van der Waals surface area contributed by atoms with Gasteiger partial charge in [0.2, 0.25) is 0 Å². The molecular weight excluding hydrogens is 280 g/mol. The maximum atomic E-state index is 11.8. The molecule has 0 amide bonds. The van der Waals surface area contributed by atoms with Crippen LogP contribution in [0.2, 0.25) is 0 Å². The molecular formula is C17H26N2O3. The van der Waals surface area contributed by atoms with Crippen LogP contribution in [0, 0.1) is 6.92 Å². The van der Waals surface area contributed by atoms with E-state index in [9.17, 15) is 9.90 Å². The maximum Gasteiger partial charge on any atom is 0.325 e. The van der Waals surface area contributed by atoms with E-state index in [2.05, 4.69) is 4.90 Å². The first-order chi connectivity index (χ1) is 10.5. The van der Waals surface area contributed by atoms with E-state index in [1.807, 2.05) is 37.1 Å². The Morgan fingerprint density at radius 3 is 2.64 bits per heavy atom. The van der Waals surface area contributed by atoms with Crippen LogP contribution < -0.4 is 4.74 Å². The van der Waals surface area contributed by atoms with Gasteiger partial charge in [-0.3, -0.25) is 9.69 Å². The van der Waals surface area contributed by atoms with Gasteiger partial charge in [0, 0.05) is 13.1 Å². The van der Waals surface area contributed by atoms with Crippen molar-refractivity contribution >= 4 is 5.97 Å². The van der Waals surface area contributed by atoms with Gasteiger partial charge in [-0.2, -0.15) is 0 Å². The summed E-state index contributed by atoms with van der Waals surface area (Å²) in [5, 5.41) is 9.65. The summed E-state index contributed by atoms with van der Waals surface area (Å²) in [6, 6.07) is 4.96. The number of likely N-dealkylation sites (tertiary alicyclic amines) is 1. The monoisotopic (exact) mass is 306 g/mol. The fourth-order valence-corrected chi connectivity index (χ4v) is 3.08. The third-order valence-corrected chi connectivity index (χ3v) is 4.41. The first-order valence-corrected chi connectivity index (χ1v) is 7.83. The summed E-state index contributed by atoms with van der Waals surface area (Å²) in [4.78, 5) is 16.1. The highest BCUT2D eigenvalue weighted by molar-refractivity contribution is 5.76. The fourth-order valence-electron chi connectivity index (χ4n) is 3.08. The van der Waals surface area contributed by atoms with E-state index in [4.69, 9.17) is 4.74 Å². The molecule has 0 bridgehead atoms. The zero-order valence-electron chi connectivity index (χ0n) is 13.7. The molecule has 2 rings (SSSR count). The molecule has 1 aliphatic rings. The molecule has 1 aromatic rings. The molecule has 0 saturated carbocycles. The number of carboxylic acid groups (broad SMARTS) is 1. The Hall–Kier alpha value is -1.59. The summed E-state index contributed by atoms with van der Waals surface area (Å²) in [7, 11) is 3.50. The lowest BCUT2D eigenvalue weighted by Crippen LogP contribution is -2.37. The van der Waals surface area contributed by atoms with Crippen molar-refractivity contribution in [3.05, 3.63) is 29.3 Å². The fraction of sp³-hybridized carbons (Fsp3) is 0.588. The summed E-state index contributed by atoms with van der Waals surface area (Å²) in [5.41, 5.74) is 1.77. The number of carboxylic acids is 1. The number of aliphatic carboxylic acids is 1. The number of methoxy groups -OCH3 is 1. The van der Waals surface area contributed by atoms with Gasteiger partial charge in [0.15, 0.2) is 0 Å². The van der Waals surface area contributed by atoms with Gasteiger partial charge in [-0.05, 0) is 63.2 Å². The van der Waals surface area contributed by atoms with E-state index >= 15 is 0 Å².